The van der Waals surface area contributed by atoms with Gasteiger partial charge in [0.05, 0.1) is 26.0 Å². The number of nitrogens with one attached hydrogen (secondary N) is 2. The molecular weight excluding hydrogens is 388 g/mol. The molecule has 0 unspecified atom stereocenters. The molecule has 0 bridgehead atoms. The lowest BCUT2D eigenvalue weighted by molar-refractivity contribution is -0.116. The molecule has 2 aromatic carbocycles. The van der Waals surface area contributed by atoms with Crippen molar-refractivity contribution >= 4 is 29.0 Å². The number of benzene rings is 2. The first-order valence-electron chi connectivity index (χ1n) is 9.64. The SMILES string of the molecule is COc1ccc(NC(C)=O)cc1NC(=O)CCC(=O)c1ccc2c(c1)OCCCO2. The number of ketones is 1. The van der Waals surface area contributed by atoms with Crippen LogP contribution in [-0.4, -0.2) is 37.9 Å². The highest BCUT2D eigenvalue weighted by Crippen LogP contribution is 2.31. The van der Waals surface area contributed by atoms with Crippen molar-refractivity contribution in [2.45, 2.75) is 26.2 Å². The van der Waals surface area contributed by atoms with Crippen LogP contribution >= 0.6 is 0 Å². The minimum atomic E-state index is -0.337. The lowest BCUT2D eigenvalue weighted by atomic mass is 10.1. The Kier molecular flexibility index (Phi) is 6.90. The van der Waals surface area contributed by atoms with Gasteiger partial charge in [0.1, 0.15) is 5.75 Å². The molecule has 0 aliphatic carbocycles. The summed E-state index contributed by atoms with van der Waals surface area (Å²) in [6, 6.07) is 9.96. The number of amides is 2. The molecule has 2 N–H and O–H groups in total. The highest BCUT2D eigenvalue weighted by Gasteiger charge is 2.16. The average Bonchev–Trinajstić information content (AvgIpc) is 2.96. The van der Waals surface area contributed by atoms with Crippen molar-refractivity contribution in [1.82, 2.24) is 0 Å². The van der Waals surface area contributed by atoms with E-state index in [0.717, 1.165) is 6.42 Å². The number of methoxy groups -OCH3 is 1. The molecule has 8 heteroatoms. The maximum atomic E-state index is 12.5. The van der Waals surface area contributed by atoms with Crippen molar-refractivity contribution in [3.8, 4) is 17.2 Å². The van der Waals surface area contributed by atoms with E-state index >= 15 is 0 Å². The molecular formula is C22H24N2O6. The highest BCUT2D eigenvalue weighted by molar-refractivity contribution is 6.01. The summed E-state index contributed by atoms with van der Waals surface area (Å²) in [5.74, 6) is 0.885. The molecule has 0 saturated carbocycles. The van der Waals surface area contributed by atoms with E-state index in [4.69, 9.17) is 14.2 Å². The molecule has 2 amide bonds. The first-order chi connectivity index (χ1) is 14.5. The second-order valence-corrected chi connectivity index (χ2v) is 6.78. The van der Waals surface area contributed by atoms with Crippen molar-refractivity contribution in [3.63, 3.8) is 0 Å². The van der Waals surface area contributed by atoms with Gasteiger partial charge in [0.25, 0.3) is 0 Å². The number of carbonyl (C=O) groups excluding carboxylic acids is 3. The molecule has 0 spiro atoms. The summed E-state index contributed by atoms with van der Waals surface area (Å²) in [4.78, 5) is 36.1. The number of ether oxygens (including phenoxy) is 3. The smallest absolute Gasteiger partial charge is 0.224 e. The van der Waals surface area contributed by atoms with Crippen molar-refractivity contribution in [2.75, 3.05) is 31.0 Å². The molecule has 0 fully saturated rings. The van der Waals surface area contributed by atoms with Gasteiger partial charge >= 0.3 is 0 Å². The predicted molar refractivity (Wildman–Crippen MR) is 112 cm³/mol. The summed E-state index contributed by atoms with van der Waals surface area (Å²) in [7, 11) is 1.48. The van der Waals surface area contributed by atoms with E-state index in [1.54, 1.807) is 36.4 Å². The van der Waals surface area contributed by atoms with Gasteiger partial charge in [-0.1, -0.05) is 0 Å². The van der Waals surface area contributed by atoms with Gasteiger partial charge in [-0.05, 0) is 36.4 Å². The third-order valence-corrected chi connectivity index (χ3v) is 4.44. The quantitative estimate of drug-likeness (QED) is 0.676. The minimum Gasteiger partial charge on any atom is -0.495 e. The van der Waals surface area contributed by atoms with E-state index in [1.165, 1.54) is 14.0 Å². The second-order valence-electron chi connectivity index (χ2n) is 6.78. The largest absolute Gasteiger partial charge is 0.495 e. The maximum absolute atomic E-state index is 12.5. The zero-order valence-corrected chi connectivity index (χ0v) is 16.9. The topological polar surface area (TPSA) is 103 Å². The Bertz CT molecular complexity index is 957. The Balaban J connectivity index is 1.61. The number of hydrogen-bond acceptors (Lipinski definition) is 6. The van der Waals surface area contributed by atoms with Crippen LogP contribution in [0.5, 0.6) is 17.2 Å². The Morgan fingerprint density at radius 1 is 0.967 bits per heavy atom. The number of hydrogen-bond donors (Lipinski definition) is 2. The fourth-order valence-corrected chi connectivity index (χ4v) is 3.01. The first-order valence-corrected chi connectivity index (χ1v) is 9.64. The summed E-state index contributed by atoms with van der Waals surface area (Å²) in [5.41, 5.74) is 1.41. The monoisotopic (exact) mass is 412 g/mol. The lowest BCUT2D eigenvalue weighted by Crippen LogP contribution is -2.15. The van der Waals surface area contributed by atoms with E-state index in [0.29, 0.717) is 47.4 Å². The van der Waals surface area contributed by atoms with Crippen LogP contribution in [0.4, 0.5) is 11.4 Å². The molecule has 0 aromatic heterocycles. The summed E-state index contributed by atoms with van der Waals surface area (Å²) in [6.45, 7) is 2.51. The van der Waals surface area contributed by atoms with Gasteiger partial charge in [0.15, 0.2) is 17.3 Å². The van der Waals surface area contributed by atoms with Crippen LogP contribution in [-0.2, 0) is 9.59 Å². The Hall–Kier alpha value is -3.55. The molecule has 158 valence electrons. The average molecular weight is 412 g/mol. The first kappa shape index (κ1) is 21.2. The van der Waals surface area contributed by atoms with Crippen LogP contribution in [0.2, 0.25) is 0 Å². The van der Waals surface area contributed by atoms with Gasteiger partial charge < -0.3 is 24.8 Å². The molecule has 1 aliphatic rings. The number of anilines is 2. The third-order valence-electron chi connectivity index (χ3n) is 4.44. The van der Waals surface area contributed by atoms with Gasteiger partial charge in [-0.2, -0.15) is 0 Å². The van der Waals surface area contributed by atoms with Crippen LogP contribution in [0, 0.1) is 0 Å². The number of fused-ring (bicyclic) bond motifs is 1. The van der Waals surface area contributed by atoms with Gasteiger partial charge in [0.2, 0.25) is 11.8 Å². The molecule has 8 nitrogen and oxygen atoms in total. The zero-order valence-electron chi connectivity index (χ0n) is 16.9. The fourth-order valence-electron chi connectivity index (χ4n) is 3.01. The summed E-state index contributed by atoms with van der Waals surface area (Å²) in [5, 5.41) is 5.38. The van der Waals surface area contributed by atoms with E-state index in [9.17, 15) is 14.4 Å². The molecule has 2 aromatic rings. The molecule has 3 rings (SSSR count). The van der Waals surface area contributed by atoms with Gasteiger partial charge in [-0.15, -0.1) is 0 Å². The van der Waals surface area contributed by atoms with Gasteiger partial charge in [-0.25, -0.2) is 0 Å². The molecule has 0 atom stereocenters. The molecule has 0 radical (unpaired) electrons. The normalized spacial score (nSPS) is 12.5. The summed E-state index contributed by atoms with van der Waals surface area (Å²) >= 11 is 0. The van der Waals surface area contributed by atoms with E-state index < -0.39 is 0 Å². The van der Waals surface area contributed by atoms with Crippen LogP contribution in [0.25, 0.3) is 0 Å². The van der Waals surface area contributed by atoms with Gasteiger partial charge in [0, 0.05) is 37.4 Å². The van der Waals surface area contributed by atoms with Crippen LogP contribution in [0.15, 0.2) is 36.4 Å². The Labute approximate surface area is 174 Å². The number of Topliss-reactive ketones (excluding diaryl/α,β-unsaturated/α-hetero) is 1. The number of rotatable bonds is 7. The Morgan fingerprint density at radius 2 is 1.73 bits per heavy atom. The summed E-state index contributed by atoms with van der Waals surface area (Å²) in [6.07, 6.45) is 0.824. The maximum Gasteiger partial charge on any atom is 0.224 e. The van der Waals surface area contributed by atoms with Crippen molar-refractivity contribution < 1.29 is 28.6 Å². The van der Waals surface area contributed by atoms with E-state index in [2.05, 4.69) is 10.6 Å². The third kappa shape index (κ3) is 5.50. The second kappa shape index (κ2) is 9.78. The molecule has 1 aliphatic heterocycles. The lowest BCUT2D eigenvalue weighted by Gasteiger charge is -2.12. The van der Waals surface area contributed by atoms with Crippen LogP contribution in [0.1, 0.15) is 36.5 Å². The van der Waals surface area contributed by atoms with E-state index in [1.807, 2.05) is 0 Å². The molecule has 1 heterocycles. The van der Waals surface area contributed by atoms with Crippen molar-refractivity contribution in [1.29, 1.82) is 0 Å². The van der Waals surface area contributed by atoms with Crippen molar-refractivity contribution in [2.24, 2.45) is 0 Å². The Morgan fingerprint density at radius 3 is 2.47 bits per heavy atom. The van der Waals surface area contributed by atoms with Crippen LogP contribution < -0.4 is 24.8 Å². The van der Waals surface area contributed by atoms with Crippen LogP contribution in [0.3, 0.4) is 0 Å². The van der Waals surface area contributed by atoms with Crippen molar-refractivity contribution in [3.05, 3.63) is 42.0 Å². The summed E-state index contributed by atoms with van der Waals surface area (Å²) < 4.78 is 16.4. The standard InChI is InChI=1S/C22H24N2O6/c1-14(25)23-16-5-8-19(28-2)17(13-16)24-22(27)9-6-18(26)15-4-7-20-21(12-15)30-11-3-10-29-20/h4-5,7-8,12-13H,3,6,9-11H2,1-2H3,(H,23,25)(H,24,27). The minimum absolute atomic E-state index is 0.000788. The number of carbonyl (C=O) groups is 3. The molecule has 0 saturated heterocycles. The highest BCUT2D eigenvalue weighted by atomic mass is 16.5. The van der Waals surface area contributed by atoms with E-state index in [-0.39, 0.29) is 30.4 Å². The fraction of sp³-hybridized carbons (Fsp3) is 0.318. The zero-order chi connectivity index (χ0) is 21.5. The molecule has 30 heavy (non-hydrogen) atoms. The predicted octanol–water partition coefficient (Wildman–Crippen LogP) is 3.42. The van der Waals surface area contributed by atoms with Gasteiger partial charge in [-0.3, -0.25) is 14.4 Å².